The standard InChI is InChI=1S/C15H25NO/c1-6-16-14(11(2)3)10-17-15-9-12(4)7-8-13(15)5/h7-9,11,14,16H,6,10H2,1-5H3. The van der Waals surface area contributed by atoms with Gasteiger partial charge in [-0.15, -0.1) is 0 Å². The number of benzene rings is 1. The Bertz CT molecular complexity index is 347. The Labute approximate surface area is 105 Å². The summed E-state index contributed by atoms with van der Waals surface area (Å²) in [5, 5.41) is 3.46. The summed E-state index contributed by atoms with van der Waals surface area (Å²) < 4.78 is 5.93. The molecule has 1 rings (SSSR count). The molecule has 0 aliphatic carbocycles. The number of hydrogen-bond acceptors (Lipinski definition) is 2. The molecule has 1 aromatic carbocycles. The summed E-state index contributed by atoms with van der Waals surface area (Å²) in [6.45, 7) is 12.5. The number of rotatable bonds is 6. The Morgan fingerprint density at radius 3 is 2.53 bits per heavy atom. The highest BCUT2D eigenvalue weighted by molar-refractivity contribution is 5.35. The summed E-state index contributed by atoms with van der Waals surface area (Å²) in [4.78, 5) is 0. The average Bonchev–Trinajstić information content (AvgIpc) is 2.28. The summed E-state index contributed by atoms with van der Waals surface area (Å²) in [6, 6.07) is 6.76. The van der Waals surface area contributed by atoms with Crippen LogP contribution in [-0.4, -0.2) is 19.2 Å². The largest absolute Gasteiger partial charge is 0.492 e. The molecule has 0 aromatic heterocycles. The van der Waals surface area contributed by atoms with Crippen molar-refractivity contribution in [2.45, 2.75) is 40.7 Å². The van der Waals surface area contributed by atoms with Gasteiger partial charge in [0.1, 0.15) is 12.4 Å². The fourth-order valence-corrected chi connectivity index (χ4v) is 1.79. The molecule has 1 aromatic rings. The number of ether oxygens (including phenoxy) is 1. The lowest BCUT2D eigenvalue weighted by Crippen LogP contribution is -2.38. The van der Waals surface area contributed by atoms with E-state index in [1.807, 2.05) is 0 Å². The third-order valence-electron chi connectivity index (χ3n) is 3.03. The highest BCUT2D eigenvalue weighted by Gasteiger charge is 2.13. The molecule has 2 heteroatoms. The summed E-state index contributed by atoms with van der Waals surface area (Å²) in [7, 11) is 0. The minimum Gasteiger partial charge on any atom is -0.492 e. The highest BCUT2D eigenvalue weighted by atomic mass is 16.5. The minimum absolute atomic E-state index is 0.417. The molecule has 2 nitrogen and oxygen atoms in total. The van der Waals surface area contributed by atoms with E-state index >= 15 is 0 Å². The molecule has 0 heterocycles. The molecule has 0 saturated carbocycles. The van der Waals surface area contributed by atoms with Crippen LogP contribution in [0.25, 0.3) is 0 Å². The molecular formula is C15H25NO. The smallest absolute Gasteiger partial charge is 0.122 e. The van der Waals surface area contributed by atoms with Gasteiger partial charge in [-0.05, 0) is 43.5 Å². The maximum Gasteiger partial charge on any atom is 0.122 e. The van der Waals surface area contributed by atoms with Crippen molar-refractivity contribution in [3.05, 3.63) is 29.3 Å². The van der Waals surface area contributed by atoms with E-state index in [9.17, 15) is 0 Å². The van der Waals surface area contributed by atoms with Crippen molar-refractivity contribution in [1.82, 2.24) is 5.32 Å². The van der Waals surface area contributed by atoms with E-state index in [2.05, 4.69) is 58.1 Å². The van der Waals surface area contributed by atoms with Crippen LogP contribution in [0.1, 0.15) is 31.9 Å². The van der Waals surface area contributed by atoms with Gasteiger partial charge in [0.25, 0.3) is 0 Å². The highest BCUT2D eigenvalue weighted by Crippen LogP contribution is 2.19. The SMILES string of the molecule is CCNC(COc1cc(C)ccc1C)C(C)C. The summed E-state index contributed by atoms with van der Waals surface area (Å²) in [5.41, 5.74) is 2.45. The van der Waals surface area contributed by atoms with Gasteiger partial charge in [0.2, 0.25) is 0 Å². The molecule has 0 radical (unpaired) electrons. The first kappa shape index (κ1) is 14.0. The second-order valence-corrected chi connectivity index (χ2v) is 4.99. The first-order valence-corrected chi connectivity index (χ1v) is 6.48. The number of nitrogens with one attached hydrogen (secondary N) is 1. The lowest BCUT2D eigenvalue weighted by Gasteiger charge is -2.22. The van der Waals surface area contributed by atoms with Gasteiger partial charge in [-0.3, -0.25) is 0 Å². The van der Waals surface area contributed by atoms with Crippen LogP contribution in [0.2, 0.25) is 0 Å². The summed E-state index contributed by atoms with van der Waals surface area (Å²) in [5.74, 6) is 1.59. The van der Waals surface area contributed by atoms with Crippen LogP contribution in [0.3, 0.4) is 0 Å². The second-order valence-electron chi connectivity index (χ2n) is 4.99. The fraction of sp³-hybridized carbons (Fsp3) is 0.600. The van der Waals surface area contributed by atoms with Crippen molar-refractivity contribution >= 4 is 0 Å². The zero-order valence-electron chi connectivity index (χ0n) is 11.7. The summed E-state index contributed by atoms with van der Waals surface area (Å²) in [6.07, 6.45) is 0. The Hall–Kier alpha value is -1.02. The molecule has 0 saturated heterocycles. The van der Waals surface area contributed by atoms with Crippen LogP contribution in [-0.2, 0) is 0 Å². The molecular weight excluding hydrogens is 210 g/mol. The van der Waals surface area contributed by atoms with Crippen molar-refractivity contribution in [3.8, 4) is 5.75 Å². The van der Waals surface area contributed by atoms with Gasteiger partial charge < -0.3 is 10.1 Å². The second kappa shape index (κ2) is 6.65. The molecule has 17 heavy (non-hydrogen) atoms. The van der Waals surface area contributed by atoms with Crippen molar-refractivity contribution in [3.63, 3.8) is 0 Å². The van der Waals surface area contributed by atoms with Crippen LogP contribution in [0.4, 0.5) is 0 Å². The van der Waals surface area contributed by atoms with E-state index in [0.717, 1.165) is 18.9 Å². The molecule has 0 fully saturated rings. The van der Waals surface area contributed by atoms with Gasteiger partial charge in [-0.2, -0.15) is 0 Å². The first-order valence-electron chi connectivity index (χ1n) is 6.48. The third-order valence-corrected chi connectivity index (χ3v) is 3.03. The third kappa shape index (κ3) is 4.39. The molecule has 1 atom stereocenters. The quantitative estimate of drug-likeness (QED) is 0.816. The minimum atomic E-state index is 0.417. The zero-order chi connectivity index (χ0) is 12.8. The molecule has 0 amide bonds. The molecule has 1 unspecified atom stereocenters. The Morgan fingerprint density at radius 1 is 1.24 bits per heavy atom. The maximum atomic E-state index is 5.93. The van der Waals surface area contributed by atoms with Gasteiger partial charge >= 0.3 is 0 Å². The predicted molar refractivity (Wildman–Crippen MR) is 73.7 cm³/mol. The fourth-order valence-electron chi connectivity index (χ4n) is 1.79. The van der Waals surface area contributed by atoms with Gasteiger partial charge in [-0.1, -0.05) is 32.9 Å². The monoisotopic (exact) mass is 235 g/mol. The normalized spacial score (nSPS) is 12.8. The van der Waals surface area contributed by atoms with E-state index in [0.29, 0.717) is 12.0 Å². The molecule has 1 N–H and O–H groups in total. The van der Waals surface area contributed by atoms with Gasteiger partial charge in [0, 0.05) is 6.04 Å². The predicted octanol–water partition coefficient (Wildman–Crippen LogP) is 3.32. The topological polar surface area (TPSA) is 21.3 Å². The molecule has 0 bridgehead atoms. The molecule has 0 aliphatic rings. The lowest BCUT2D eigenvalue weighted by molar-refractivity contribution is 0.231. The molecule has 0 spiro atoms. The van der Waals surface area contributed by atoms with Crippen LogP contribution in [0, 0.1) is 19.8 Å². The number of aryl methyl sites for hydroxylation is 2. The van der Waals surface area contributed by atoms with Crippen molar-refractivity contribution in [1.29, 1.82) is 0 Å². The van der Waals surface area contributed by atoms with E-state index in [4.69, 9.17) is 4.74 Å². The van der Waals surface area contributed by atoms with E-state index in [1.165, 1.54) is 11.1 Å². The van der Waals surface area contributed by atoms with Gasteiger partial charge in [0.05, 0.1) is 0 Å². The average molecular weight is 235 g/mol. The van der Waals surface area contributed by atoms with Gasteiger partial charge in [-0.25, -0.2) is 0 Å². The Balaban J connectivity index is 2.61. The Kier molecular flexibility index (Phi) is 5.49. The first-order chi connectivity index (χ1) is 8.04. The van der Waals surface area contributed by atoms with Gasteiger partial charge in [0.15, 0.2) is 0 Å². The van der Waals surface area contributed by atoms with Crippen molar-refractivity contribution < 1.29 is 4.74 Å². The summed E-state index contributed by atoms with van der Waals surface area (Å²) >= 11 is 0. The number of hydrogen-bond donors (Lipinski definition) is 1. The van der Waals surface area contributed by atoms with Crippen molar-refractivity contribution in [2.24, 2.45) is 5.92 Å². The van der Waals surface area contributed by atoms with Crippen LogP contribution >= 0.6 is 0 Å². The number of likely N-dealkylation sites (N-methyl/N-ethyl adjacent to an activating group) is 1. The van der Waals surface area contributed by atoms with E-state index in [1.54, 1.807) is 0 Å². The lowest BCUT2D eigenvalue weighted by atomic mass is 10.1. The van der Waals surface area contributed by atoms with Crippen molar-refractivity contribution in [2.75, 3.05) is 13.2 Å². The van der Waals surface area contributed by atoms with E-state index in [-0.39, 0.29) is 0 Å². The van der Waals surface area contributed by atoms with Crippen LogP contribution < -0.4 is 10.1 Å². The van der Waals surface area contributed by atoms with E-state index < -0.39 is 0 Å². The molecule has 0 aliphatic heterocycles. The van der Waals surface area contributed by atoms with Crippen LogP contribution in [0.15, 0.2) is 18.2 Å². The zero-order valence-corrected chi connectivity index (χ0v) is 11.7. The van der Waals surface area contributed by atoms with Crippen LogP contribution in [0.5, 0.6) is 5.75 Å². The maximum absolute atomic E-state index is 5.93. The Morgan fingerprint density at radius 2 is 1.94 bits per heavy atom. The molecule has 96 valence electrons.